The summed E-state index contributed by atoms with van der Waals surface area (Å²) in [6, 6.07) is 22.6. The summed E-state index contributed by atoms with van der Waals surface area (Å²) < 4.78 is 18.4. The van der Waals surface area contributed by atoms with Crippen molar-refractivity contribution in [2.24, 2.45) is 0 Å². The molecule has 0 aromatic heterocycles. The molecule has 0 N–H and O–H groups in total. The van der Waals surface area contributed by atoms with E-state index in [0.29, 0.717) is 0 Å². The Kier molecular flexibility index (Phi) is 3.69. The molecule has 0 fully saturated rings. The molecule has 0 spiro atoms. The smallest absolute Gasteiger partial charge is 0.126 e. The molecule has 2 heteroatoms. The second kappa shape index (κ2) is 5.80. The van der Waals surface area contributed by atoms with Gasteiger partial charge in [0.15, 0.2) is 0 Å². The van der Waals surface area contributed by atoms with Crippen LogP contribution >= 0.6 is 0 Å². The highest BCUT2D eigenvalue weighted by molar-refractivity contribution is 5.76. The van der Waals surface area contributed by atoms with E-state index in [4.69, 9.17) is 4.74 Å². The fraction of sp³-hybridized carbons (Fsp3) is 0.0526. The van der Waals surface area contributed by atoms with Gasteiger partial charge in [-0.25, -0.2) is 4.39 Å². The van der Waals surface area contributed by atoms with Crippen LogP contribution in [-0.4, -0.2) is 7.11 Å². The predicted octanol–water partition coefficient (Wildman–Crippen LogP) is 5.17. The number of benzene rings is 3. The number of hydrogen-bond donors (Lipinski definition) is 0. The van der Waals surface area contributed by atoms with E-state index in [9.17, 15) is 4.39 Å². The van der Waals surface area contributed by atoms with Crippen LogP contribution in [0.25, 0.3) is 22.3 Å². The van der Waals surface area contributed by atoms with Crippen LogP contribution in [0.3, 0.4) is 0 Å². The van der Waals surface area contributed by atoms with Gasteiger partial charge in [0.05, 0.1) is 7.11 Å². The van der Waals surface area contributed by atoms with E-state index < -0.39 is 0 Å². The maximum atomic E-state index is 13.0. The van der Waals surface area contributed by atoms with Crippen molar-refractivity contribution < 1.29 is 9.13 Å². The highest BCUT2D eigenvalue weighted by Gasteiger charge is 2.06. The molecule has 0 radical (unpaired) electrons. The summed E-state index contributed by atoms with van der Waals surface area (Å²) in [7, 11) is 1.67. The van der Waals surface area contributed by atoms with Crippen LogP contribution in [0.4, 0.5) is 4.39 Å². The summed E-state index contributed by atoms with van der Waals surface area (Å²) in [4.78, 5) is 0. The molecule has 0 amide bonds. The van der Waals surface area contributed by atoms with Gasteiger partial charge in [-0.3, -0.25) is 0 Å². The quantitative estimate of drug-likeness (QED) is 0.642. The van der Waals surface area contributed by atoms with Crippen molar-refractivity contribution in [3.8, 4) is 28.0 Å². The zero-order valence-corrected chi connectivity index (χ0v) is 11.7. The summed E-state index contributed by atoms with van der Waals surface area (Å²) in [5.41, 5.74) is 4.17. The van der Waals surface area contributed by atoms with E-state index in [1.54, 1.807) is 19.2 Å². The lowest BCUT2D eigenvalue weighted by molar-refractivity contribution is 0.416. The number of halogens is 1. The SMILES string of the molecule is COc1ccccc1-c1cccc(-c2ccc(F)cc2)c1. The van der Waals surface area contributed by atoms with Gasteiger partial charge in [0.1, 0.15) is 11.6 Å². The Hall–Kier alpha value is -2.61. The largest absolute Gasteiger partial charge is 0.496 e. The lowest BCUT2D eigenvalue weighted by Gasteiger charge is -2.10. The van der Waals surface area contributed by atoms with Gasteiger partial charge in [-0.15, -0.1) is 0 Å². The molecule has 0 saturated heterocycles. The molecule has 21 heavy (non-hydrogen) atoms. The third kappa shape index (κ3) is 2.79. The molecule has 3 rings (SSSR count). The minimum Gasteiger partial charge on any atom is -0.496 e. The average Bonchev–Trinajstić information content (AvgIpc) is 2.55. The van der Waals surface area contributed by atoms with Crippen LogP contribution in [0.5, 0.6) is 5.75 Å². The van der Waals surface area contributed by atoms with E-state index >= 15 is 0 Å². The summed E-state index contributed by atoms with van der Waals surface area (Å²) in [5.74, 6) is 0.619. The van der Waals surface area contributed by atoms with Crippen LogP contribution in [0.2, 0.25) is 0 Å². The number of hydrogen-bond acceptors (Lipinski definition) is 1. The monoisotopic (exact) mass is 278 g/mol. The van der Waals surface area contributed by atoms with Crippen LogP contribution in [-0.2, 0) is 0 Å². The Morgan fingerprint density at radius 1 is 0.714 bits per heavy atom. The second-order valence-corrected chi connectivity index (χ2v) is 4.79. The van der Waals surface area contributed by atoms with E-state index in [-0.39, 0.29) is 5.82 Å². The molecule has 0 aliphatic rings. The van der Waals surface area contributed by atoms with Crippen LogP contribution in [0.15, 0.2) is 72.8 Å². The third-order valence-corrected chi connectivity index (χ3v) is 3.46. The van der Waals surface area contributed by atoms with Gasteiger partial charge in [0.2, 0.25) is 0 Å². The van der Waals surface area contributed by atoms with Gasteiger partial charge in [0.25, 0.3) is 0 Å². The van der Waals surface area contributed by atoms with E-state index in [2.05, 4.69) is 6.07 Å². The first-order valence-corrected chi connectivity index (χ1v) is 6.77. The fourth-order valence-corrected chi connectivity index (χ4v) is 2.39. The van der Waals surface area contributed by atoms with Crippen molar-refractivity contribution in [2.75, 3.05) is 7.11 Å². The molecule has 3 aromatic carbocycles. The molecular weight excluding hydrogens is 263 g/mol. The molecule has 0 aliphatic heterocycles. The van der Waals surface area contributed by atoms with E-state index in [1.165, 1.54) is 12.1 Å². The van der Waals surface area contributed by atoms with Gasteiger partial charge in [-0.2, -0.15) is 0 Å². The Morgan fingerprint density at radius 2 is 1.43 bits per heavy atom. The van der Waals surface area contributed by atoms with Gasteiger partial charge < -0.3 is 4.74 Å². The summed E-state index contributed by atoms with van der Waals surface area (Å²) in [5, 5.41) is 0. The molecule has 0 bridgehead atoms. The van der Waals surface area contributed by atoms with Crippen LogP contribution in [0, 0.1) is 5.82 Å². The highest BCUT2D eigenvalue weighted by Crippen LogP contribution is 2.32. The molecule has 104 valence electrons. The summed E-state index contributed by atoms with van der Waals surface area (Å²) in [6.45, 7) is 0. The summed E-state index contributed by atoms with van der Waals surface area (Å²) >= 11 is 0. The number of ether oxygens (including phenoxy) is 1. The lowest BCUT2D eigenvalue weighted by atomic mass is 9.98. The predicted molar refractivity (Wildman–Crippen MR) is 83.8 cm³/mol. The lowest BCUT2D eigenvalue weighted by Crippen LogP contribution is -1.88. The van der Waals surface area contributed by atoms with E-state index in [0.717, 1.165) is 28.0 Å². The van der Waals surface area contributed by atoms with Gasteiger partial charge in [-0.1, -0.05) is 48.5 Å². The maximum Gasteiger partial charge on any atom is 0.126 e. The topological polar surface area (TPSA) is 9.23 Å². The Bertz CT molecular complexity index is 748. The molecule has 0 saturated carbocycles. The number of methoxy groups -OCH3 is 1. The summed E-state index contributed by atoms with van der Waals surface area (Å²) in [6.07, 6.45) is 0. The number of para-hydroxylation sites is 1. The molecular formula is C19H15FO. The normalized spacial score (nSPS) is 10.4. The standard InChI is InChI=1S/C19H15FO/c1-21-19-8-3-2-7-18(19)16-6-4-5-15(13-16)14-9-11-17(20)12-10-14/h2-13H,1H3. The molecule has 1 nitrogen and oxygen atoms in total. The highest BCUT2D eigenvalue weighted by atomic mass is 19.1. The molecule has 0 aliphatic carbocycles. The Balaban J connectivity index is 2.06. The molecule has 0 atom stereocenters. The third-order valence-electron chi connectivity index (χ3n) is 3.46. The van der Waals surface area contributed by atoms with Gasteiger partial charge >= 0.3 is 0 Å². The first kappa shape index (κ1) is 13.4. The van der Waals surface area contributed by atoms with Crippen molar-refractivity contribution in [3.63, 3.8) is 0 Å². The zero-order chi connectivity index (χ0) is 14.7. The van der Waals surface area contributed by atoms with E-state index in [1.807, 2.05) is 42.5 Å². The van der Waals surface area contributed by atoms with Crippen molar-refractivity contribution in [3.05, 3.63) is 78.6 Å². The molecule has 3 aromatic rings. The van der Waals surface area contributed by atoms with Gasteiger partial charge in [-0.05, 0) is 41.0 Å². The second-order valence-electron chi connectivity index (χ2n) is 4.79. The van der Waals surface area contributed by atoms with Crippen molar-refractivity contribution in [1.82, 2.24) is 0 Å². The zero-order valence-electron chi connectivity index (χ0n) is 11.7. The molecule has 0 heterocycles. The first-order chi connectivity index (χ1) is 10.3. The first-order valence-electron chi connectivity index (χ1n) is 6.77. The minimum atomic E-state index is -0.223. The Labute approximate surface area is 123 Å². The molecule has 0 unspecified atom stereocenters. The van der Waals surface area contributed by atoms with Crippen molar-refractivity contribution in [1.29, 1.82) is 0 Å². The van der Waals surface area contributed by atoms with Gasteiger partial charge in [0, 0.05) is 5.56 Å². The maximum absolute atomic E-state index is 13.0. The average molecular weight is 278 g/mol. The Morgan fingerprint density at radius 3 is 2.19 bits per heavy atom. The number of rotatable bonds is 3. The van der Waals surface area contributed by atoms with Crippen molar-refractivity contribution >= 4 is 0 Å². The van der Waals surface area contributed by atoms with Crippen LogP contribution in [0.1, 0.15) is 0 Å². The fourth-order valence-electron chi connectivity index (χ4n) is 2.39. The minimum absolute atomic E-state index is 0.223. The van der Waals surface area contributed by atoms with Crippen molar-refractivity contribution in [2.45, 2.75) is 0 Å². The van der Waals surface area contributed by atoms with Crippen LogP contribution < -0.4 is 4.74 Å².